The molecule has 1 aromatic carbocycles. The molecule has 2 rings (SSSR count). The van der Waals surface area contributed by atoms with Gasteiger partial charge in [-0.25, -0.2) is 12.8 Å². The summed E-state index contributed by atoms with van der Waals surface area (Å²) in [6.45, 7) is 0. The normalized spacial score (nSPS) is 11.1. The number of pyridine rings is 1. The molecule has 0 radical (unpaired) electrons. The first kappa shape index (κ1) is 15.1. The summed E-state index contributed by atoms with van der Waals surface area (Å²) in [5.74, 6) is -1.08. The quantitative estimate of drug-likeness (QED) is 0.685. The highest BCUT2D eigenvalue weighted by atomic mass is 35.5. The van der Waals surface area contributed by atoms with Crippen LogP contribution in [0.3, 0.4) is 0 Å². The molecule has 1 aromatic heterocycles. The van der Waals surface area contributed by atoms with Crippen LogP contribution in [0.2, 0.25) is 5.02 Å². The van der Waals surface area contributed by atoms with E-state index in [0.29, 0.717) is 6.07 Å². The highest BCUT2D eigenvalue weighted by molar-refractivity contribution is 7.92. The Morgan fingerprint density at radius 1 is 1.33 bits per heavy atom. The van der Waals surface area contributed by atoms with Gasteiger partial charge in [0.05, 0.1) is 21.7 Å². The predicted molar refractivity (Wildman–Crippen MR) is 73.1 cm³/mol. The molecule has 0 amide bonds. The van der Waals surface area contributed by atoms with Crippen LogP contribution in [-0.4, -0.2) is 18.3 Å². The maximum Gasteiger partial charge on any atom is 0.272 e. The van der Waals surface area contributed by atoms with Gasteiger partial charge in [-0.05, 0) is 12.1 Å². The smallest absolute Gasteiger partial charge is 0.272 e. The Morgan fingerprint density at radius 3 is 2.62 bits per heavy atom. The Hall–Kier alpha value is -2.26. The molecule has 21 heavy (non-hydrogen) atoms. The van der Waals surface area contributed by atoms with E-state index >= 15 is 0 Å². The molecule has 0 atom stereocenters. The molecule has 1 heterocycles. The molecule has 0 saturated carbocycles. The first-order valence-corrected chi connectivity index (χ1v) is 7.23. The molecular formula is C11H7ClFN3O4S. The summed E-state index contributed by atoms with van der Waals surface area (Å²) in [5.41, 5.74) is -0.921. The van der Waals surface area contributed by atoms with Gasteiger partial charge < -0.3 is 0 Å². The largest absolute Gasteiger partial charge is 0.277 e. The van der Waals surface area contributed by atoms with Gasteiger partial charge in [-0.1, -0.05) is 11.6 Å². The molecule has 0 aliphatic rings. The number of halogens is 2. The average Bonchev–Trinajstić information content (AvgIpc) is 2.41. The summed E-state index contributed by atoms with van der Waals surface area (Å²) < 4.78 is 39.8. The molecule has 1 N–H and O–H groups in total. The molecule has 2 aromatic rings. The second kappa shape index (κ2) is 5.62. The first-order chi connectivity index (χ1) is 9.81. The third-order valence-corrected chi connectivity index (χ3v) is 4.27. The van der Waals surface area contributed by atoms with Crippen molar-refractivity contribution >= 4 is 33.0 Å². The number of non-ortho nitro benzene ring substituents is 1. The number of hydrogen-bond acceptors (Lipinski definition) is 5. The van der Waals surface area contributed by atoms with Gasteiger partial charge in [0, 0.05) is 18.5 Å². The fourth-order valence-corrected chi connectivity index (χ4v) is 2.96. The monoisotopic (exact) mass is 331 g/mol. The summed E-state index contributed by atoms with van der Waals surface area (Å²) in [6, 6.07) is 3.81. The van der Waals surface area contributed by atoms with Gasteiger partial charge in [0.25, 0.3) is 15.7 Å². The number of nitrogens with one attached hydrogen (secondary N) is 1. The lowest BCUT2D eigenvalue weighted by Crippen LogP contribution is -2.14. The number of nitro benzene ring substituents is 1. The average molecular weight is 332 g/mol. The van der Waals surface area contributed by atoms with E-state index in [2.05, 4.69) is 4.98 Å². The maximum absolute atomic E-state index is 13.7. The van der Waals surface area contributed by atoms with Crippen molar-refractivity contribution in [3.05, 3.63) is 57.6 Å². The number of rotatable bonds is 4. The lowest BCUT2D eigenvalue weighted by molar-refractivity contribution is -0.385. The van der Waals surface area contributed by atoms with E-state index in [1.807, 2.05) is 4.72 Å². The number of aromatic nitrogens is 1. The number of hydrogen-bond donors (Lipinski definition) is 1. The van der Waals surface area contributed by atoms with E-state index in [0.717, 1.165) is 18.3 Å². The van der Waals surface area contributed by atoms with E-state index in [1.165, 1.54) is 12.3 Å². The molecule has 0 aliphatic carbocycles. The van der Waals surface area contributed by atoms with Gasteiger partial charge >= 0.3 is 0 Å². The molecule has 110 valence electrons. The van der Waals surface area contributed by atoms with Gasteiger partial charge in [-0.2, -0.15) is 0 Å². The summed E-state index contributed by atoms with van der Waals surface area (Å²) in [5, 5.41) is 10.4. The summed E-state index contributed by atoms with van der Waals surface area (Å²) in [7, 11) is -4.15. The second-order valence-corrected chi connectivity index (χ2v) is 5.89. The van der Waals surface area contributed by atoms with Crippen molar-refractivity contribution in [1.82, 2.24) is 4.98 Å². The van der Waals surface area contributed by atoms with Gasteiger partial charge in [0.2, 0.25) is 0 Å². The summed E-state index contributed by atoms with van der Waals surface area (Å²) in [6.07, 6.45) is 2.31. The molecule has 0 fully saturated rings. The zero-order valence-electron chi connectivity index (χ0n) is 10.2. The van der Waals surface area contributed by atoms with Gasteiger partial charge in [0.15, 0.2) is 5.82 Å². The lowest BCUT2D eigenvalue weighted by atomic mass is 10.3. The van der Waals surface area contributed by atoms with E-state index < -0.39 is 32.1 Å². The van der Waals surface area contributed by atoms with Crippen LogP contribution in [-0.2, 0) is 10.0 Å². The third-order valence-electron chi connectivity index (χ3n) is 2.43. The van der Waals surface area contributed by atoms with Crippen LogP contribution in [0.25, 0.3) is 0 Å². The van der Waals surface area contributed by atoms with Gasteiger partial charge in [-0.15, -0.1) is 0 Å². The van der Waals surface area contributed by atoms with Crippen LogP contribution in [0.5, 0.6) is 0 Å². The van der Waals surface area contributed by atoms with Crippen LogP contribution >= 0.6 is 11.6 Å². The van der Waals surface area contributed by atoms with Crippen molar-refractivity contribution in [2.75, 3.05) is 4.72 Å². The van der Waals surface area contributed by atoms with Crippen LogP contribution in [0, 0.1) is 15.9 Å². The van der Waals surface area contributed by atoms with Crippen molar-refractivity contribution < 1.29 is 17.7 Å². The van der Waals surface area contributed by atoms with Crippen molar-refractivity contribution in [3.63, 3.8) is 0 Å². The summed E-state index contributed by atoms with van der Waals surface area (Å²) in [4.78, 5) is 13.0. The Bertz CT molecular complexity index is 813. The molecule has 10 heteroatoms. The third kappa shape index (κ3) is 3.26. The van der Waals surface area contributed by atoms with Crippen molar-refractivity contribution in [2.45, 2.75) is 4.90 Å². The fraction of sp³-hybridized carbons (Fsp3) is 0. The summed E-state index contributed by atoms with van der Waals surface area (Å²) >= 11 is 5.74. The zero-order valence-corrected chi connectivity index (χ0v) is 11.7. The first-order valence-electron chi connectivity index (χ1n) is 5.37. The number of anilines is 1. The lowest BCUT2D eigenvalue weighted by Gasteiger charge is -2.09. The van der Waals surface area contributed by atoms with Crippen LogP contribution < -0.4 is 4.72 Å². The Balaban J connectivity index is 2.38. The molecule has 0 aliphatic heterocycles. The fourth-order valence-electron chi connectivity index (χ4n) is 1.46. The highest BCUT2D eigenvalue weighted by Crippen LogP contribution is 2.25. The minimum atomic E-state index is -4.15. The minimum Gasteiger partial charge on any atom is -0.277 e. The number of nitrogens with zero attached hydrogens (tertiary/aromatic N) is 2. The SMILES string of the molecule is O=[N+]([O-])c1ccc(NS(=O)(=O)c2cnccc2Cl)c(F)c1. The minimum absolute atomic E-state index is 0.0835. The number of benzene rings is 1. The van der Waals surface area contributed by atoms with Crippen molar-refractivity contribution in [2.24, 2.45) is 0 Å². The van der Waals surface area contributed by atoms with Crippen LogP contribution in [0.15, 0.2) is 41.6 Å². The molecule has 7 nitrogen and oxygen atoms in total. The number of sulfonamides is 1. The van der Waals surface area contributed by atoms with E-state index in [1.54, 1.807) is 0 Å². The van der Waals surface area contributed by atoms with E-state index in [4.69, 9.17) is 11.6 Å². The Morgan fingerprint density at radius 2 is 2.05 bits per heavy atom. The van der Waals surface area contributed by atoms with Crippen LogP contribution in [0.1, 0.15) is 0 Å². The van der Waals surface area contributed by atoms with E-state index in [9.17, 15) is 22.9 Å². The predicted octanol–water partition coefficient (Wildman–Crippen LogP) is 2.58. The Labute approximate surface area is 123 Å². The molecule has 0 spiro atoms. The topological polar surface area (TPSA) is 102 Å². The highest BCUT2D eigenvalue weighted by Gasteiger charge is 2.21. The molecule has 0 saturated heterocycles. The van der Waals surface area contributed by atoms with Crippen molar-refractivity contribution in [1.29, 1.82) is 0 Å². The standard InChI is InChI=1S/C11H7ClFN3O4S/c12-8-3-4-14-6-11(8)21(19,20)15-10-2-1-7(16(17)18)5-9(10)13/h1-6,15H. The second-order valence-electron chi connectivity index (χ2n) is 3.83. The maximum atomic E-state index is 13.7. The van der Waals surface area contributed by atoms with E-state index in [-0.39, 0.29) is 9.92 Å². The molecular weight excluding hydrogens is 325 g/mol. The van der Waals surface area contributed by atoms with Gasteiger partial charge in [-0.3, -0.25) is 19.8 Å². The zero-order chi connectivity index (χ0) is 15.6. The molecule has 0 bridgehead atoms. The van der Waals surface area contributed by atoms with Crippen LogP contribution in [0.4, 0.5) is 15.8 Å². The molecule has 0 unspecified atom stereocenters. The Kier molecular flexibility index (Phi) is 4.05. The van der Waals surface area contributed by atoms with Crippen molar-refractivity contribution in [3.8, 4) is 0 Å². The van der Waals surface area contributed by atoms with Gasteiger partial charge in [0.1, 0.15) is 4.90 Å². The number of nitro groups is 1.